The first-order chi connectivity index (χ1) is 13.6. The van der Waals surface area contributed by atoms with Crippen molar-refractivity contribution in [2.24, 2.45) is 17.8 Å². The number of para-hydroxylation sites is 1. The van der Waals surface area contributed by atoms with E-state index in [-0.39, 0.29) is 23.7 Å². The van der Waals surface area contributed by atoms with E-state index in [9.17, 15) is 9.59 Å². The van der Waals surface area contributed by atoms with Gasteiger partial charge in [0.1, 0.15) is 11.5 Å². The number of hydrogen-bond acceptors (Lipinski definition) is 3. The van der Waals surface area contributed by atoms with Gasteiger partial charge in [-0.05, 0) is 61.6 Å². The molecule has 0 bridgehead atoms. The number of piperidine rings is 1. The van der Waals surface area contributed by atoms with Gasteiger partial charge in [0.25, 0.3) is 0 Å². The lowest BCUT2D eigenvalue weighted by atomic mass is 10.00. The van der Waals surface area contributed by atoms with Crippen LogP contribution >= 0.6 is 0 Å². The van der Waals surface area contributed by atoms with Crippen LogP contribution in [0.4, 0.5) is 5.69 Å². The molecule has 1 saturated carbocycles. The lowest BCUT2D eigenvalue weighted by molar-refractivity contribution is -0.135. The zero-order valence-electron chi connectivity index (χ0n) is 16.1. The van der Waals surface area contributed by atoms with Crippen LogP contribution in [0.3, 0.4) is 0 Å². The van der Waals surface area contributed by atoms with Gasteiger partial charge in [-0.3, -0.25) is 9.59 Å². The van der Waals surface area contributed by atoms with Gasteiger partial charge < -0.3 is 15.0 Å². The van der Waals surface area contributed by atoms with Gasteiger partial charge in [0, 0.05) is 18.8 Å². The number of nitrogens with one attached hydrogen (secondary N) is 1. The molecule has 0 aromatic heterocycles. The lowest BCUT2D eigenvalue weighted by Gasteiger charge is -2.31. The third-order valence-corrected chi connectivity index (χ3v) is 5.51. The van der Waals surface area contributed by atoms with E-state index in [1.165, 1.54) is 6.42 Å². The molecule has 1 saturated heterocycles. The molecule has 0 spiro atoms. The minimum atomic E-state index is -0.204. The number of carbonyl (C=O) groups excluding carboxylic acids is 2. The molecule has 5 nitrogen and oxygen atoms in total. The number of benzene rings is 2. The van der Waals surface area contributed by atoms with Gasteiger partial charge in [0.2, 0.25) is 11.8 Å². The number of amides is 2. The summed E-state index contributed by atoms with van der Waals surface area (Å²) in [5.74, 6) is 1.77. The summed E-state index contributed by atoms with van der Waals surface area (Å²) in [7, 11) is 0. The minimum Gasteiger partial charge on any atom is -0.457 e. The monoisotopic (exact) mass is 378 g/mol. The minimum absolute atomic E-state index is 0.0693. The topological polar surface area (TPSA) is 58.6 Å². The lowest BCUT2D eigenvalue weighted by Crippen LogP contribution is -2.40. The Kier molecular flexibility index (Phi) is 5.33. The summed E-state index contributed by atoms with van der Waals surface area (Å²) in [6, 6.07) is 16.9. The maximum atomic E-state index is 12.6. The maximum Gasteiger partial charge on any atom is 0.228 e. The van der Waals surface area contributed by atoms with E-state index in [4.69, 9.17) is 4.74 Å². The molecule has 2 amide bonds. The molecule has 2 aromatic carbocycles. The Morgan fingerprint density at radius 3 is 2.43 bits per heavy atom. The van der Waals surface area contributed by atoms with Gasteiger partial charge in [-0.1, -0.05) is 25.1 Å². The number of rotatable bonds is 5. The molecule has 1 aliphatic heterocycles. The number of likely N-dealkylation sites (tertiary alicyclic amines) is 1. The zero-order valence-corrected chi connectivity index (χ0v) is 16.1. The van der Waals surface area contributed by atoms with Crippen molar-refractivity contribution < 1.29 is 14.3 Å². The molecule has 3 unspecified atom stereocenters. The Bertz CT molecular complexity index is 835. The van der Waals surface area contributed by atoms with E-state index in [0.717, 1.165) is 30.9 Å². The normalized spacial score (nSPS) is 23.8. The Labute approximate surface area is 165 Å². The van der Waals surface area contributed by atoms with Gasteiger partial charge in [-0.2, -0.15) is 0 Å². The summed E-state index contributed by atoms with van der Waals surface area (Å²) < 4.78 is 5.76. The number of ether oxygens (including phenoxy) is 1. The summed E-state index contributed by atoms with van der Waals surface area (Å²) in [4.78, 5) is 27.1. The molecule has 0 radical (unpaired) electrons. The highest BCUT2D eigenvalue weighted by Crippen LogP contribution is 2.41. The highest BCUT2D eigenvalue weighted by molar-refractivity contribution is 5.99. The Morgan fingerprint density at radius 1 is 1.00 bits per heavy atom. The molecule has 4 rings (SSSR count). The van der Waals surface area contributed by atoms with Crippen LogP contribution in [-0.4, -0.2) is 29.8 Å². The van der Waals surface area contributed by atoms with Crippen LogP contribution in [0.2, 0.25) is 0 Å². The van der Waals surface area contributed by atoms with E-state index in [2.05, 4.69) is 12.2 Å². The van der Waals surface area contributed by atoms with Crippen LogP contribution in [0.5, 0.6) is 11.5 Å². The quantitative estimate of drug-likeness (QED) is 0.843. The Hall–Kier alpha value is -2.82. The van der Waals surface area contributed by atoms with Crippen LogP contribution in [0.25, 0.3) is 0 Å². The van der Waals surface area contributed by atoms with E-state index in [1.54, 1.807) is 0 Å². The van der Waals surface area contributed by atoms with Gasteiger partial charge >= 0.3 is 0 Å². The van der Waals surface area contributed by atoms with Gasteiger partial charge in [-0.15, -0.1) is 0 Å². The van der Waals surface area contributed by atoms with Gasteiger partial charge in [-0.25, -0.2) is 0 Å². The molecule has 2 aliphatic rings. The van der Waals surface area contributed by atoms with E-state index < -0.39 is 0 Å². The molecule has 3 atom stereocenters. The first-order valence-electron chi connectivity index (χ1n) is 10.0. The average molecular weight is 378 g/mol. The molecule has 1 N–H and O–H groups in total. The summed E-state index contributed by atoms with van der Waals surface area (Å²) in [6.45, 7) is 3.84. The predicted molar refractivity (Wildman–Crippen MR) is 108 cm³/mol. The average Bonchev–Trinajstić information content (AvgIpc) is 3.51. The highest BCUT2D eigenvalue weighted by Gasteiger charge is 2.49. The molecule has 5 heteroatoms. The molecular weight excluding hydrogens is 352 g/mol. The Morgan fingerprint density at radius 2 is 1.71 bits per heavy atom. The Balaban J connectivity index is 1.29. The largest absolute Gasteiger partial charge is 0.457 e. The van der Waals surface area contributed by atoms with Crippen LogP contribution in [-0.2, 0) is 9.59 Å². The van der Waals surface area contributed by atoms with Crippen molar-refractivity contribution >= 4 is 17.5 Å². The number of nitrogens with zero attached hydrogens (tertiary/aromatic N) is 1. The summed E-state index contributed by atoms with van der Waals surface area (Å²) in [6.07, 6.45) is 2.90. The fraction of sp³-hybridized carbons (Fsp3) is 0.391. The number of anilines is 1. The van der Waals surface area contributed by atoms with E-state index in [1.807, 2.05) is 59.5 Å². The highest BCUT2D eigenvalue weighted by atomic mass is 16.5. The molecule has 1 heterocycles. The molecular formula is C23H26N2O3. The molecule has 146 valence electrons. The molecule has 2 fully saturated rings. The van der Waals surface area contributed by atoms with Gasteiger partial charge in [0.05, 0.1) is 11.8 Å². The maximum absolute atomic E-state index is 12.6. The van der Waals surface area contributed by atoms with Crippen molar-refractivity contribution in [2.45, 2.75) is 26.2 Å². The van der Waals surface area contributed by atoms with Crippen molar-refractivity contribution in [3.63, 3.8) is 0 Å². The number of carbonyl (C=O) groups is 2. The summed E-state index contributed by atoms with van der Waals surface area (Å²) in [5, 5.41) is 2.93. The van der Waals surface area contributed by atoms with E-state index in [0.29, 0.717) is 18.1 Å². The number of hydrogen-bond donors (Lipinski definition) is 1. The van der Waals surface area contributed by atoms with Crippen molar-refractivity contribution in [3.05, 3.63) is 54.6 Å². The van der Waals surface area contributed by atoms with Crippen LogP contribution in [0.1, 0.15) is 26.2 Å². The third-order valence-electron chi connectivity index (χ3n) is 5.51. The third kappa shape index (κ3) is 4.35. The first kappa shape index (κ1) is 18.5. The fourth-order valence-corrected chi connectivity index (χ4v) is 3.85. The van der Waals surface area contributed by atoms with Crippen molar-refractivity contribution in [2.75, 3.05) is 18.4 Å². The van der Waals surface area contributed by atoms with Crippen molar-refractivity contribution in [3.8, 4) is 11.5 Å². The molecule has 28 heavy (non-hydrogen) atoms. The summed E-state index contributed by atoms with van der Waals surface area (Å²) in [5.41, 5.74) is 0.718. The second-order valence-electron chi connectivity index (χ2n) is 7.91. The van der Waals surface area contributed by atoms with Crippen molar-refractivity contribution in [1.82, 2.24) is 4.90 Å². The first-order valence-corrected chi connectivity index (χ1v) is 10.0. The smallest absolute Gasteiger partial charge is 0.228 e. The van der Waals surface area contributed by atoms with Crippen LogP contribution in [0, 0.1) is 17.8 Å². The standard InChI is InChI=1S/C23H26N2O3/c1-16-6-5-13-25(15-16)23(27)21-14-20(21)22(26)24-17-9-11-19(12-10-17)28-18-7-3-2-4-8-18/h2-4,7-12,16,20-21H,5-6,13-15H2,1H3,(H,24,26). The van der Waals surface area contributed by atoms with Crippen LogP contribution < -0.4 is 10.1 Å². The zero-order chi connectivity index (χ0) is 19.5. The summed E-state index contributed by atoms with van der Waals surface area (Å²) >= 11 is 0. The second-order valence-corrected chi connectivity index (χ2v) is 7.91. The van der Waals surface area contributed by atoms with Gasteiger partial charge in [0.15, 0.2) is 0 Å². The molecule has 1 aliphatic carbocycles. The SMILES string of the molecule is CC1CCCN(C(=O)C2CC2C(=O)Nc2ccc(Oc3ccccc3)cc2)C1. The van der Waals surface area contributed by atoms with Crippen LogP contribution in [0.15, 0.2) is 54.6 Å². The second kappa shape index (κ2) is 8.05. The van der Waals surface area contributed by atoms with Crippen molar-refractivity contribution in [1.29, 1.82) is 0 Å². The predicted octanol–water partition coefficient (Wildman–Crippen LogP) is 4.31. The fourth-order valence-electron chi connectivity index (χ4n) is 3.85. The van der Waals surface area contributed by atoms with E-state index >= 15 is 0 Å². The molecule has 2 aromatic rings.